The van der Waals surface area contributed by atoms with Crippen molar-refractivity contribution in [3.05, 3.63) is 126 Å². The van der Waals surface area contributed by atoms with Gasteiger partial charge in [-0.05, 0) is 54.0 Å². The first kappa shape index (κ1) is 21.9. The van der Waals surface area contributed by atoms with E-state index in [1.807, 2.05) is 12.1 Å². The summed E-state index contributed by atoms with van der Waals surface area (Å²) in [5.74, 6) is -0.895. The van der Waals surface area contributed by atoms with Gasteiger partial charge in [0.2, 0.25) is 0 Å². The van der Waals surface area contributed by atoms with E-state index in [9.17, 15) is 9.18 Å². The van der Waals surface area contributed by atoms with Crippen LogP contribution in [0.2, 0.25) is 0 Å². The van der Waals surface area contributed by atoms with Gasteiger partial charge in [-0.2, -0.15) is 0 Å². The molecule has 0 radical (unpaired) electrons. The summed E-state index contributed by atoms with van der Waals surface area (Å²) in [6.07, 6.45) is 0.462. The smallest absolute Gasteiger partial charge is 0.338 e. The van der Waals surface area contributed by atoms with Crippen molar-refractivity contribution in [3.63, 3.8) is 0 Å². The second-order valence-corrected chi connectivity index (χ2v) is 9.60. The molecule has 0 spiro atoms. The van der Waals surface area contributed by atoms with Gasteiger partial charge in [0.15, 0.2) is 0 Å². The largest absolute Gasteiger partial charge is 0.462 e. The number of hydrogen-bond acceptors (Lipinski definition) is 2. The molecular formula is C28H24FO2P. The molecule has 4 aromatic carbocycles. The Balaban J connectivity index is 1.58. The molecule has 0 bridgehead atoms. The van der Waals surface area contributed by atoms with Gasteiger partial charge in [-0.1, -0.05) is 91.0 Å². The predicted octanol–water partition coefficient (Wildman–Crippen LogP) is 5.35. The van der Waals surface area contributed by atoms with Crippen LogP contribution in [0.3, 0.4) is 0 Å². The summed E-state index contributed by atoms with van der Waals surface area (Å²) in [6.45, 7) is 2.00. The third-order valence-corrected chi connectivity index (χ3v) is 7.63. The number of carbonyl (C=O) groups is 1. The molecule has 0 heterocycles. The Morgan fingerprint density at radius 3 is 1.88 bits per heavy atom. The molecule has 32 heavy (non-hydrogen) atoms. The standard InChI is InChI=1S/C28H24FO2P/c1-2-31-28(30)23-16-15-22(27(29)20-23)19-21-13-17-26(18-14-21)32(24-9-5-3-6-10-24)25-11-7-4-8-12-25/h3-18,20H,2,19H2,1H3. The minimum Gasteiger partial charge on any atom is -0.462 e. The fraction of sp³-hybridized carbons (Fsp3) is 0.107. The number of halogens is 1. The SMILES string of the molecule is CCOC(=O)c1ccc(Cc2ccc(P(c3ccccc3)c3ccccc3)cc2)c(F)c1. The molecule has 0 amide bonds. The lowest BCUT2D eigenvalue weighted by Crippen LogP contribution is -2.20. The molecule has 2 nitrogen and oxygen atoms in total. The lowest BCUT2D eigenvalue weighted by molar-refractivity contribution is 0.0526. The van der Waals surface area contributed by atoms with Crippen LogP contribution in [0.25, 0.3) is 0 Å². The number of rotatable bonds is 7. The van der Waals surface area contributed by atoms with Crippen LogP contribution in [0.4, 0.5) is 4.39 Å². The predicted molar refractivity (Wildman–Crippen MR) is 130 cm³/mol. The maximum Gasteiger partial charge on any atom is 0.338 e. The molecule has 0 fully saturated rings. The Morgan fingerprint density at radius 1 is 0.781 bits per heavy atom. The maximum absolute atomic E-state index is 14.6. The van der Waals surface area contributed by atoms with Crippen LogP contribution in [-0.4, -0.2) is 12.6 Å². The van der Waals surface area contributed by atoms with E-state index in [4.69, 9.17) is 4.74 Å². The highest BCUT2D eigenvalue weighted by atomic mass is 31.1. The Hall–Kier alpha value is -3.29. The minimum atomic E-state index is -0.665. The van der Waals surface area contributed by atoms with Gasteiger partial charge in [-0.15, -0.1) is 0 Å². The summed E-state index contributed by atoms with van der Waals surface area (Å²) in [5.41, 5.74) is 1.81. The van der Waals surface area contributed by atoms with Crippen LogP contribution in [0.1, 0.15) is 28.4 Å². The van der Waals surface area contributed by atoms with Crippen molar-refractivity contribution in [2.24, 2.45) is 0 Å². The summed E-state index contributed by atoms with van der Waals surface area (Å²) in [5, 5.41) is 3.84. The van der Waals surface area contributed by atoms with Crippen LogP contribution >= 0.6 is 7.92 Å². The van der Waals surface area contributed by atoms with Gasteiger partial charge in [0.1, 0.15) is 5.82 Å². The maximum atomic E-state index is 14.6. The number of ether oxygens (including phenoxy) is 1. The molecule has 0 N–H and O–H groups in total. The normalized spacial score (nSPS) is 10.8. The van der Waals surface area contributed by atoms with Gasteiger partial charge in [0, 0.05) is 6.42 Å². The van der Waals surface area contributed by atoms with Gasteiger partial charge < -0.3 is 4.74 Å². The zero-order valence-corrected chi connectivity index (χ0v) is 18.8. The molecule has 0 aliphatic heterocycles. The van der Waals surface area contributed by atoms with Gasteiger partial charge >= 0.3 is 5.97 Å². The van der Waals surface area contributed by atoms with Crippen molar-refractivity contribution in [3.8, 4) is 0 Å². The fourth-order valence-electron chi connectivity index (χ4n) is 3.62. The molecular weight excluding hydrogens is 418 g/mol. The van der Waals surface area contributed by atoms with Gasteiger partial charge in [-0.3, -0.25) is 0 Å². The molecule has 0 aliphatic rings. The molecule has 4 heteroatoms. The quantitative estimate of drug-likeness (QED) is 0.285. The van der Waals surface area contributed by atoms with Gasteiger partial charge in [-0.25, -0.2) is 9.18 Å². The first-order valence-electron chi connectivity index (χ1n) is 10.6. The van der Waals surface area contributed by atoms with Crippen LogP contribution in [0.15, 0.2) is 103 Å². The molecule has 0 aliphatic carbocycles. The molecule has 0 saturated heterocycles. The van der Waals surface area contributed by atoms with Crippen LogP contribution in [-0.2, 0) is 11.2 Å². The van der Waals surface area contributed by atoms with Crippen molar-refractivity contribution in [2.75, 3.05) is 6.61 Å². The van der Waals surface area contributed by atoms with E-state index in [2.05, 4.69) is 72.8 Å². The monoisotopic (exact) mass is 442 g/mol. The summed E-state index contributed by atoms with van der Waals surface area (Å²) in [7, 11) is -0.665. The number of esters is 1. The number of carbonyl (C=O) groups excluding carboxylic acids is 1. The Labute approximate surface area is 189 Å². The summed E-state index contributed by atoms with van der Waals surface area (Å²) in [6, 6.07) is 34.0. The third kappa shape index (κ3) is 5.12. The van der Waals surface area contributed by atoms with Crippen LogP contribution in [0.5, 0.6) is 0 Å². The van der Waals surface area contributed by atoms with Gasteiger partial charge in [0.05, 0.1) is 12.2 Å². The van der Waals surface area contributed by atoms with E-state index in [1.165, 1.54) is 22.0 Å². The molecule has 4 aromatic rings. The highest BCUT2D eigenvalue weighted by Gasteiger charge is 2.16. The van der Waals surface area contributed by atoms with E-state index >= 15 is 0 Å². The fourth-order valence-corrected chi connectivity index (χ4v) is 5.90. The summed E-state index contributed by atoms with van der Waals surface area (Å²) < 4.78 is 19.5. The lowest BCUT2D eigenvalue weighted by Gasteiger charge is -2.19. The van der Waals surface area contributed by atoms with Crippen LogP contribution < -0.4 is 15.9 Å². The van der Waals surface area contributed by atoms with E-state index in [-0.39, 0.29) is 12.2 Å². The first-order chi connectivity index (χ1) is 15.7. The average molecular weight is 442 g/mol. The Bertz CT molecular complexity index is 1140. The van der Waals surface area contributed by atoms with Crippen molar-refractivity contribution < 1.29 is 13.9 Å². The minimum absolute atomic E-state index is 0.236. The van der Waals surface area contributed by atoms with E-state index in [0.717, 1.165) is 5.56 Å². The second kappa shape index (κ2) is 10.3. The summed E-state index contributed by atoms with van der Waals surface area (Å²) in [4.78, 5) is 11.8. The highest BCUT2D eigenvalue weighted by Crippen LogP contribution is 2.32. The molecule has 0 unspecified atom stereocenters. The molecule has 0 saturated carbocycles. The first-order valence-corrected chi connectivity index (χ1v) is 11.9. The zero-order chi connectivity index (χ0) is 22.3. The molecule has 160 valence electrons. The van der Waals surface area contributed by atoms with Crippen molar-refractivity contribution in [1.29, 1.82) is 0 Å². The zero-order valence-electron chi connectivity index (χ0n) is 17.9. The lowest BCUT2D eigenvalue weighted by atomic mass is 10.0. The Kier molecular flexibility index (Phi) is 7.09. The van der Waals surface area contributed by atoms with E-state index < -0.39 is 19.7 Å². The van der Waals surface area contributed by atoms with Crippen molar-refractivity contribution in [2.45, 2.75) is 13.3 Å². The average Bonchev–Trinajstić information content (AvgIpc) is 2.83. The molecule has 0 atom stereocenters. The highest BCUT2D eigenvalue weighted by molar-refractivity contribution is 7.79. The van der Waals surface area contributed by atoms with Gasteiger partial charge in [0.25, 0.3) is 0 Å². The topological polar surface area (TPSA) is 26.3 Å². The molecule has 4 rings (SSSR count). The number of benzene rings is 4. The molecule has 0 aromatic heterocycles. The third-order valence-electron chi connectivity index (χ3n) is 5.18. The van der Waals surface area contributed by atoms with Crippen LogP contribution in [0, 0.1) is 5.82 Å². The summed E-state index contributed by atoms with van der Waals surface area (Å²) >= 11 is 0. The number of hydrogen-bond donors (Lipinski definition) is 0. The van der Waals surface area contributed by atoms with Crippen molar-refractivity contribution in [1.82, 2.24) is 0 Å². The van der Waals surface area contributed by atoms with E-state index in [1.54, 1.807) is 19.1 Å². The second-order valence-electron chi connectivity index (χ2n) is 7.38. The Morgan fingerprint density at radius 2 is 1.34 bits per heavy atom. The van der Waals surface area contributed by atoms with Crippen molar-refractivity contribution >= 4 is 29.8 Å². The van der Waals surface area contributed by atoms with E-state index in [0.29, 0.717) is 12.0 Å².